The van der Waals surface area contributed by atoms with E-state index in [0.29, 0.717) is 5.92 Å². The summed E-state index contributed by atoms with van der Waals surface area (Å²) in [5.41, 5.74) is 8.01. The molecule has 2 aliphatic rings. The first-order valence-electron chi connectivity index (χ1n) is 10.9. The minimum absolute atomic E-state index is 0.000546. The van der Waals surface area contributed by atoms with Crippen LogP contribution in [0.3, 0.4) is 0 Å². The molecule has 2 unspecified atom stereocenters. The zero-order valence-corrected chi connectivity index (χ0v) is 18.3. The maximum atomic E-state index is 12.1. The van der Waals surface area contributed by atoms with Gasteiger partial charge in [-0.05, 0) is 88.3 Å². The Kier molecular flexibility index (Phi) is 6.99. The highest BCUT2D eigenvalue weighted by Crippen LogP contribution is 2.36. The van der Waals surface area contributed by atoms with E-state index >= 15 is 0 Å². The van der Waals surface area contributed by atoms with Gasteiger partial charge in [0.15, 0.2) is 0 Å². The molecule has 1 aliphatic carbocycles. The Morgan fingerprint density at radius 3 is 2.48 bits per heavy atom. The van der Waals surface area contributed by atoms with Crippen molar-refractivity contribution in [3.05, 3.63) is 35.4 Å². The Morgan fingerprint density at radius 2 is 1.83 bits per heavy atom. The number of carbonyl (C=O) groups is 1. The van der Waals surface area contributed by atoms with Crippen molar-refractivity contribution in [1.29, 1.82) is 0 Å². The molecule has 0 saturated heterocycles. The molecule has 2 atom stereocenters. The lowest BCUT2D eigenvalue weighted by Gasteiger charge is -2.32. The van der Waals surface area contributed by atoms with E-state index < -0.39 is 0 Å². The quantitative estimate of drug-likeness (QED) is 0.683. The van der Waals surface area contributed by atoms with Crippen molar-refractivity contribution in [3.8, 4) is 5.75 Å². The highest BCUT2D eigenvalue weighted by Gasteiger charge is 2.29. The summed E-state index contributed by atoms with van der Waals surface area (Å²) in [6, 6.07) is 8.21. The molecule has 0 spiro atoms. The van der Waals surface area contributed by atoms with Gasteiger partial charge in [-0.15, -0.1) is 0 Å². The molecule has 0 amide bonds. The molecule has 0 aromatic heterocycles. The van der Waals surface area contributed by atoms with Gasteiger partial charge in [-0.3, -0.25) is 10.2 Å². The average Bonchev–Trinajstić information content (AvgIpc) is 2.65. The van der Waals surface area contributed by atoms with Crippen LogP contribution in [0.4, 0.5) is 0 Å². The molecule has 1 aliphatic heterocycles. The number of hydrazone groups is 1. The number of carbonyl (C=O) groups excluding carboxylic acids is 1. The Morgan fingerprint density at radius 1 is 1.10 bits per heavy atom. The fourth-order valence-corrected chi connectivity index (χ4v) is 4.05. The van der Waals surface area contributed by atoms with Gasteiger partial charge in [0, 0.05) is 11.6 Å². The van der Waals surface area contributed by atoms with Gasteiger partial charge in [-0.1, -0.05) is 13.8 Å². The molecule has 5 nitrogen and oxygen atoms in total. The van der Waals surface area contributed by atoms with Crippen LogP contribution in [-0.2, 0) is 9.53 Å². The summed E-state index contributed by atoms with van der Waals surface area (Å²) in [5.74, 6) is 1.06. The molecule has 1 fully saturated rings. The van der Waals surface area contributed by atoms with Gasteiger partial charge in [0.05, 0.1) is 17.7 Å². The van der Waals surface area contributed by atoms with Gasteiger partial charge in [0.25, 0.3) is 0 Å². The van der Waals surface area contributed by atoms with Gasteiger partial charge in [0.2, 0.25) is 0 Å². The lowest BCUT2D eigenvalue weighted by Crippen LogP contribution is -2.30. The Bertz CT molecular complexity index is 778. The number of hydrogen-bond donors (Lipinski definition) is 1. The standard InChI is InChI=1S/C24H34N2O3/c1-15(2)24(27)29-19-7-6-8-21-17(5)25-26-23(22(21)14-13-19)18-9-11-20(12-10-18)28-16(3)4/h9-12,15-16,19,21,26H,6-8,13-14H2,1-5H3. The van der Waals surface area contributed by atoms with Crippen molar-refractivity contribution >= 4 is 17.4 Å². The first kappa shape index (κ1) is 21.4. The molecular formula is C24H34N2O3. The molecule has 1 aromatic carbocycles. The summed E-state index contributed by atoms with van der Waals surface area (Å²) in [7, 11) is 0. The molecule has 3 rings (SSSR count). The summed E-state index contributed by atoms with van der Waals surface area (Å²) in [6.07, 6.45) is 4.92. The van der Waals surface area contributed by atoms with Crippen LogP contribution in [0.1, 0.15) is 72.3 Å². The SMILES string of the molecule is CC1=NNC(c2ccc(OC(C)C)cc2)=C2CCC(OC(=O)C(C)C)CCCC12. The minimum Gasteiger partial charge on any atom is -0.491 e. The van der Waals surface area contributed by atoms with Crippen LogP contribution in [0.25, 0.3) is 5.70 Å². The van der Waals surface area contributed by atoms with Gasteiger partial charge in [0.1, 0.15) is 11.9 Å². The third-order valence-electron chi connectivity index (χ3n) is 5.61. The third kappa shape index (κ3) is 5.40. The van der Waals surface area contributed by atoms with E-state index in [1.54, 1.807) is 0 Å². The van der Waals surface area contributed by atoms with E-state index in [2.05, 4.69) is 29.6 Å². The zero-order valence-electron chi connectivity index (χ0n) is 18.3. The number of hydrogen-bond acceptors (Lipinski definition) is 5. The molecule has 0 radical (unpaired) electrons. The van der Waals surface area contributed by atoms with Crippen molar-refractivity contribution in [3.63, 3.8) is 0 Å². The minimum atomic E-state index is -0.0958. The number of ether oxygens (including phenoxy) is 2. The van der Waals surface area contributed by atoms with Crippen molar-refractivity contribution in [2.24, 2.45) is 16.9 Å². The van der Waals surface area contributed by atoms with Crippen LogP contribution < -0.4 is 10.2 Å². The molecule has 1 heterocycles. The van der Waals surface area contributed by atoms with Crippen LogP contribution in [0, 0.1) is 11.8 Å². The van der Waals surface area contributed by atoms with E-state index in [-0.39, 0.29) is 24.1 Å². The highest BCUT2D eigenvalue weighted by atomic mass is 16.5. The summed E-state index contributed by atoms with van der Waals surface area (Å²) < 4.78 is 11.5. The Balaban J connectivity index is 1.82. The van der Waals surface area contributed by atoms with Crippen LogP contribution >= 0.6 is 0 Å². The zero-order chi connectivity index (χ0) is 21.0. The number of esters is 1. The van der Waals surface area contributed by atoms with Crippen LogP contribution in [-0.4, -0.2) is 23.9 Å². The summed E-state index contributed by atoms with van der Waals surface area (Å²) in [4.78, 5) is 12.1. The number of benzene rings is 1. The van der Waals surface area contributed by atoms with Gasteiger partial charge in [-0.2, -0.15) is 5.10 Å². The number of fused-ring (bicyclic) bond motifs is 1. The number of nitrogens with zero attached hydrogens (tertiary/aromatic N) is 1. The van der Waals surface area contributed by atoms with Gasteiger partial charge in [-0.25, -0.2) is 0 Å². The molecule has 0 bridgehead atoms. The van der Waals surface area contributed by atoms with Gasteiger partial charge < -0.3 is 9.47 Å². The summed E-state index contributed by atoms with van der Waals surface area (Å²) >= 11 is 0. The molecule has 5 heteroatoms. The van der Waals surface area contributed by atoms with E-state index in [1.807, 2.05) is 39.8 Å². The second kappa shape index (κ2) is 9.47. The number of allylic oxidation sites excluding steroid dienone is 1. The van der Waals surface area contributed by atoms with E-state index in [4.69, 9.17) is 9.47 Å². The molecular weight excluding hydrogens is 364 g/mol. The fourth-order valence-electron chi connectivity index (χ4n) is 4.05. The highest BCUT2D eigenvalue weighted by molar-refractivity contribution is 5.91. The Hall–Kier alpha value is -2.30. The summed E-state index contributed by atoms with van der Waals surface area (Å²) in [5, 5.41) is 4.60. The number of rotatable bonds is 5. The molecule has 1 aromatic rings. The van der Waals surface area contributed by atoms with Crippen molar-refractivity contribution in [1.82, 2.24) is 5.43 Å². The van der Waals surface area contributed by atoms with Crippen molar-refractivity contribution in [2.45, 2.75) is 78.9 Å². The summed E-state index contributed by atoms with van der Waals surface area (Å²) in [6.45, 7) is 9.94. The number of nitrogens with one attached hydrogen (secondary N) is 1. The second-order valence-electron chi connectivity index (χ2n) is 8.69. The first-order valence-corrected chi connectivity index (χ1v) is 10.9. The van der Waals surface area contributed by atoms with Gasteiger partial charge >= 0.3 is 5.97 Å². The molecule has 1 N–H and O–H groups in total. The van der Waals surface area contributed by atoms with Crippen LogP contribution in [0.15, 0.2) is 34.9 Å². The molecule has 29 heavy (non-hydrogen) atoms. The smallest absolute Gasteiger partial charge is 0.308 e. The first-order chi connectivity index (χ1) is 13.8. The van der Waals surface area contributed by atoms with Crippen LogP contribution in [0.2, 0.25) is 0 Å². The molecule has 1 saturated carbocycles. The lowest BCUT2D eigenvalue weighted by atomic mass is 9.80. The lowest BCUT2D eigenvalue weighted by molar-refractivity contribution is -0.153. The van der Waals surface area contributed by atoms with E-state index in [0.717, 1.165) is 54.8 Å². The van der Waals surface area contributed by atoms with Crippen molar-refractivity contribution < 1.29 is 14.3 Å². The van der Waals surface area contributed by atoms with E-state index in [9.17, 15) is 4.79 Å². The van der Waals surface area contributed by atoms with E-state index in [1.165, 1.54) is 5.57 Å². The maximum absolute atomic E-state index is 12.1. The second-order valence-corrected chi connectivity index (χ2v) is 8.69. The monoisotopic (exact) mass is 398 g/mol. The predicted molar refractivity (Wildman–Crippen MR) is 117 cm³/mol. The van der Waals surface area contributed by atoms with Crippen molar-refractivity contribution in [2.75, 3.05) is 0 Å². The largest absolute Gasteiger partial charge is 0.491 e. The normalized spacial score (nSPS) is 22.4. The third-order valence-corrected chi connectivity index (χ3v) is 5.61. The maximum Gasteiger partial charge on any atom is 0.308 e. The van der Waals surface area contributed by atoms with Crippen LogP contribution in [0.5, 0.6) is 5.75 Å². The molecule has 158 valence electrons. The Labute approximate surface area is 174 Å². The topological polar surface area (TPSA) is 59.9 Å². The average molecular weight is 399 g/mol. The predicted octanol–water partition coefficient (Wildman–Crippen LogP) is 5.31. The fraction of sp³-hybridized carbons (Fsp3) is 0.583.